The first kappa shape index (κ1) is 20.1. The van der Waals surface area contributed by atoms with Gasteiger partial charge in [-0.25, -0.2) is 8.42 Å². The average molecular weight is 447 g/mol. The fourth-order valence-electron chi connectivity index (χ4n) is 1.82. The average Bonchev–Trinajstić information content (AvgIpc) is 2.44. The fourth-order valence-corrected chi connectivity index (χ4v) is 5.20. The normalized spacial score (nSPS) is 13.0. The van der Waals surface area contributed by atoms with Crippen LogP contribution in [0, 0.1) is 0 Å². The summed E-state index contributed by atoms with van der Waals surface area (Å²) in [4.78, 5) is -2.79. The van der Waals surface area contributed by atoms with E-state index in [0.29, 0.717) is 12.1 Å². The van der Waals surface area contributed by atoms with E-state index in [2.05, 4.69) is 0 Å². The number of hydrogen-bond acceptors (Lipinski definition) is 6. The number of halogens is 2. The van der Waals surface area contributed by atoms with Gasteiger partial charge >= 0.3 is 0 Å². The Morgan fingerprint density at radius 3 is 1.12 bits per heavy atom. The van der Waals surface area contributed by atoms with Crippen molar-refractivity contribution >= 4 is 53.3 Å². The zero-order valence-electron chi connectivity index (χ0n) is 11.8. The van der Waals surface area contributed by atoms with Crippen molar-refractivity contribution in [2.75, 3.05) is 0 Å². The van der Waals surface area contributed by atoms with Crippen LogP contribution in [0.4, 0.5) is 0 Å². The first-order valence-electron chi connectivity index (χ1n) is 6.02. The van der Waals surface area contributed by atoms with E-state index in [1.54, 1.807) is 0 Å². The van der Waals surface area contributed by atoms with E-state index >= 15 is 0 Å². The summed E-state index contributed by atoms with van der Waals surface area (Å²) in [5, 5.41) is -0.600. The van der Waals surface area contributed by atoms with Crippen LogP contribution in [0.5, 0.6) is 0 Å². The highest BCUT2D eigenvalue weighted by Gasteiger charge is 2.24. The smallest absolute Gasteiger partial charge is 0.282 e. The molecule has 0 heterocycles. The van der Waals surface area contributed by atoms with Gasteiger partial charge in [0.25, 0.3) is 20.2 Å². The number of benzene rings is 2. The maximum Gasteiger partial charge on any atom is 0.294 e. The molecule has 8 nitrogen and oxygen atoms in total. The summed E-state index contributed by atoms with van der Waals surface area (Å²) in [6, 6.07) is 4.75. The summed E-state index contributed by atoms with van der Waals surface area (Å²) < 4.78 is 88.2. The first-order valence-corrected chi connectivity index (χ1v) is 11.1. The van der Waals surface area contributed by atoms with Gasteiger partial charge in [0.2, 0.25) is 9.84 Å². The molecule has 2 aromatic carbocycles. The van der Waals surface area contributed by atoms with Gasteiger partial charge in [-0.3, -0.25) is 9.11 Å². The Labute approximate surface area is 153 Å². The molecule has 0 fully saturated rings. The molecule has 2 aromatic rings. The molecule has 0 amide bonds. The highest BCUT2D eigenvalue weighted by Crippen LogP contribution is 2.30. The molecule has 0 aliphatic rings. The van der Waals surface area contributed by atoms with Crippen molar-refractivity contribution in [1.82, 2.24) is 0 Å². The minimum Gasteiger partial charge on any atom is -0.282 e. The Morgan fingerprint density at radius 2 is 0.840 bits per heavy atom. The molecule has 0 spiro atoms. The minimum absolute atomic E-state index is 0.300. The minimum atomic E-state index is -4.74. The molecule has 0 saturated carbocycles. The van der Waals surface area contributed by atoms with Gasteiger partial charge in [-0.1, -0.05) is 23.2 Å². The summed E-state index contributed by atoms with van der Waals surface area (Å²) in [6.45, 7) is 0. The third-order valence-electron chi connectivity index (χ3n) is 2.91. The molecular weight excluding hydrogens is 439 g/mol. The van der Waals surface area contributed by atoms with Crippen LogP contribution in [-0.4, -0.2) is 34.4 Å². The van der Waals surface area contributed by atoms with Crippen LogP contribution in [0.25, 0.3) is 0 Å². The van der Waals surface area contributed by atoms with Crippen molar-refractivity contribution < 1.29 is 34.4 Å². The molecule has 0 radical (unpaired) electrons. The lowest BCUT2D eigenvalue weighted by Gasteiger charge is -2.09. The van der Waals surface area contributed by atoms with Crippen LogP contribution in [0.15, 0.2) is 56.0 Å². The first-order chi connectivity index (χ1) is 11.2. The zero-order chi connectivity index (χ0) is 19.2. The van der Waals surface area contributed by atoms with E-state index in [4.69, 9.17) is 32.3 Å². The fraction of sp³-hybridized carbons (Fsp3) is 0. The van der Waals surface area contributed by atoms with Crippen LogP contribution < -0.4 is 0 Å². The molecule has 0 bridgehead atoms. The van der Waals surface area contributed by atoms with Crippen molar-refractivity contribution in [2.24, 2.45) is 0 Å². The van der Waals surface area contributed by atoms with Crippen LogP contribution in [0.1, 0.15) is 0 Å². The standard InChI is InChI=1S/C12H8Cl2O8S3/c13-7-1-9(5-11(3-7)24(17,18)19)23(15,16)10-2-8(14)4-12(6-10)25(20,21)22/h1-6H,(H,17,18,19)(H,20,21,22). The lowest BCUT2D eigenvalue weighted by molar-refractivity contribution is 0.480. The van der Waals surface area contributed by atoms with Gasteiger partial charge in [0.1, 0.15) is 0 Å². The third kappa shape index (κ3) is 4.50. The van der Waals surface area contributed by atoms with E-state index in [1.165, 1.54) is 0 Å². The predicted octanol–water partition coefficient (Wildman–Crippen LogP) is 2.32. The number of sulfone groups is 1. The molecule has 0 aliphatic carbocycles. The van der Waals surface area contributed by atoms with Crippen LogP contribution in [0.2, 0.25) is 10.0 Å². The molecule has 13 heteroatoms. The van der Waals surface area contributed by atoms with Gasteiger partial charge in [0.15, 0.2) is 0 Å². The Hall–Kier alpha value is -1.21. The Balaban J connectivity index is 2.77. The van der Waals surface area contributed by atoms with Crippen molar-refractivity contribution in [3.05, 3.63) is 46.4 Å². The van der Waals surface area contributed by atoms with Gasteiger partial charge in [-0.2, -0.15) is 16.8 Å². The summed E-state index contributed by atoms with van der Waals surface area (Å²) in [6.07, 6.45) is 0. The largest absolute Gasteiger partial charge is 0.294 e. The highest BCUT2D eigenvalue weighted by atomic mass is 35.5. The quantitative estimate of drug-likeness (QED) is 0.680. The zero-order valence-corrected chi connectivity index (χ0v) is 15.8. The molecule has 2 N–H and O–H groups in total. The summed E-state index contributed by atoms with van der Waals surface area (Å²) >= 11 is 11.4. The van der Waals surface area contributed by atoms with E-state index in [0.717, 1.165) is 24.3 Å². The van der Waals surface area contributed by atoms with Crippen molar-refractivity contribution in [1.29, 1.82) is 0 Å². The lowest BCUT2D eigenvalue weighted by atomic mass is 10.3. The topological polar surface area (TPSA) is 143 Å². The van der Waals surface area contributed by atoms with Gasteiger partial charge < -0.3 is 0 Å². The molecule has 2 rings (SSSR count). The Morgan fingerprint density at radius 1 is 0.560 bits per heavy atom. The number of hydrogen-bond donors (Lipinski definition) is 2. The molecule has 0 atom stereocenters. The summed E-state index contributed by atoms with van der Waals surface area (Å²) in [5.74, 6) is 0. The van der Waals surface area contributed by atoms with Crippen LogP contribution >= 0.6 is 23.2 Å². The third-order valence-corrected chi connectivity index (χ3v) is 6.72. The number of rotatable bonds is 4. The summed E-state index contributed by atoms with van der Waals surface area (Å²) in [7, 11) is -14.0. The monoisotopic (exact) mass is 446 g/mol. The molecule has 0 saturated heterocycles. The van der Waals surface area contributed by atoms with Gasteiger partial charge in [0, 0.05) is 10.0 Å². The maximum absolute atomic E-state index is 12.6. The molecule has 0 aromatic heterocycles. The second kappa shape index (κ2) is 6.50. The van der Waals surface area contributed by atoms with Crippen LogP contribution in [0.3, 0.4) is 0 Å². The highest BCUT2D eigenvalue weighted by molar-refractivity contribution is 7.91. The lowest BCUT2D eigenvalue weighted by Crippen LogP contribution is -2.07. The second-order valence-electron chi connectivity index (χ2n) is 4.70. The van der Waals surface area contributed by atoms with E-state index < -0.39 is 49.7 Å². The second-order valence-corrected chi connectivity index (χ2v) is 10.4. The van der Waals surface area contributed by atoms with Gasteiger partial charge in [0.05, 0.1) is 19.6 Å². The van der Waals surface area contributed by atoms with Gasteiger partial charge in [-0.15, -0.1) is 0 Å². The molecule has 0 aliphatic heterocycles. The molecule has 136 valence electrons. The molecule has 0 unspecified atom stereocenters. The van der Waals surface area contributed by atoms with Gasteiger partial charge in [-0.05, 0) is 36.4 Å². The molecular formula is C12H8Cl2O8S3. The van der Waals surface area contributed by atoms with Crippen LogP contribution in [-0.2, 0) is 30.1 Å². The van der Waals surface area contributed by atoms with E-state index in [1.807, 2.05) is 0 Å². The molecule has 25 heavy (non-hydrogen) atoms. The van der Waals surface area contributed by atoms with E-state index in [9.17, 15) is 25.3 Å². The SMILES string of the molecule is O=S(=O)(O)c1cc(Cl)cc(S(=O)(=O)c2cc(Cl)cc(S(=O)(=O)O)c2)c1. The Kier molecular flexibility index (Phi) is 5.23. The van der Waals surface area contributed by atoms with E-state index in [-0.39, 0.29) is 10.0 Å². The van der Waals surface area contributed by atoms with Crippen molar-refractivity contribution in [3.63, 3.8) is 0 Å². The van der Waals surface area contributed by atoms with Crippen molar-refractivity contribution in [3.8, 4) is 0 Å². The van der Waals surface area contributed by atoms with Crippen molar-refractivity contribution in [2.45, 2.75) is 19.6 Å². The Bertz CT molecular complexity index is 1080. The summed E-state index contributed by atoms with van der Waals surface area (Å²) in [5.41, 5.74) is 0. The predicted molar refractivity (Wildman–Crippen MR) is 88.0 cm³/mol. The maximum atomic E-state index is 12.6.